The van der Waals surface area contributed by atoms with Crippen LogP contribution in [0.25, 0.3) is 0 Å². The van der Waals surface area contributed by atoms with Gasteiger partial charge >= 0.3 is 0 Å². The van der Waals surface area contributed by atoms with Gasteiger partial charge in [0.2, 0.25) is 11.8 Å². The van der Waals surface area contributed by atoms with Crippen molar-refractivity contribution in [2.24, 2.45) is 0 Å². The molecule has 2 aromatic rings. The summed E-state index contributed by atoms with van der Waals surface area (Å²) in [6.45, 7) is 3.47. The van der Waals surface area contributed by atoms with Crippen LogP contribution in [0.4, 0.5) is 4.39 Å². The number of methoxy groups -OCH3 is 1. The van der Waals surface area contributed by atoms with Crippen LogP contribution in [-0.4, -0.2) is 23.2 Å². The second-order valence-corrected chi connectivity index (χ2v) is 4.94. The summed E-state index contributed by atoms with van der Waals surface area (Å²) in [4.78, 5) is 16.0. The molecule has 2 rings (SSSR count). The number of aromatic nitrogens is 2. The fourth-order valence-electron chi connectivity index (χ4n) is 1.99. The quantitative estimate of drug-likeness (QED) is 0.886. The lowest BCUT2D eigenvalue weighted by Gasteiger charge is -2.10. The fraction of sp³-hybridized carbons (Fsp3) is 0.400. The molecular weight excluding hydrogens is 289 g/mol. The summed E-state index contributed by atoms with van der Waals surface area (Å²) in [7, 11) is 1.41. The first-order valence-corrected chi connectivity index (χ1v) is 6.91. The van der Waals surface area contributed by atoms with Crippen molar-refractivity contribution >= 4 is 5.91 Å². The number of hydrogen-bond donors (Lipinski definition) is 1. The summed E-state index contributed by atoms with van der Waals surface area (Å²) in [5, 5.41) is 6.44. The van der Waals surface area contributed by atoms with Gasteiger partial charge in [-0.2, -0.15) is 4.98 Å². The van der Waals surface area contributed by atoms with E-state index in [1.54, 1.807) is 26.0 Å². The predicted molar refractivity (Wildman–Crippen MR) is 76.9 cm³/mol. The van der Waals surface area contributed by atoms with Crippen molar-refractivity contribution in [3.05, 3.63) is 41.3 Å². The molecule has 22 heavy (non-hydrogen) atoms. The highest BCUT2D eigenvalue weighted by atomic mass is 19.1. The van der Waals surface area contributed by atoms with Crippen LogP contribution in [0.3, 0.4) is 0 Å². The lowest BCUT2D eigenvalue weighted by atomic mass is 10.1. The van der Waals surface area contributed by atoms with Crippen LogP contribution >= 0.6 is 0 Å². The zero-order chi connectivity index (χ0) is 16.1. The summed E-state index contributed by atoms with van der Waals surface area (Å²) < 4.78 is 23.4. The Labute approximate surface area is 127 Å². The molecule has 1 N–H and O–H groups in total. The molecule has 6 nitrogen and oxygen atoms in total. The normalized spacial score (nSPS) is 12.0. The molecule has 0 saturated carbocycles. The number of nitrogens with zero attached hydrogens (tertiary/aromatic N) is 2. The Hall–Kier alpha value is -2.44. The summed E-state index contributed by atoms with van der Waals surface area (Å²) in [5.41, 5.74) is 0.731. The van der Waals surface area contributed by atoms with Crippen molar-refractivity contribution in [2.75, 3.05) is 7.11 Å². The molecule has 118 valence electrons. The predicted octanol–water partition coefficient (Wildman–Crippen LogP) is 2.34. The smallest absolute Gasteiger partial charge is 0.248 e. The van der Waals surface area contributed by atoms with Gasteiger partial charge in [-0.3, -0.25) is 4.79 Å². The van der Waals surface area contributed by atoms with Crippen molar-refractivity contribution in [1.82, 2.24) is 15.5 Å². The molecule has 1 heterocycles. The number of carbonyl (C=O) groups excluding carboxylic acids is 1. The fourth-order valence-corrected chi connectivity index (χ4v) is 1.99. The van der Waals surface area contributed by atoms with Gasteiger partial charge in [0, 0.05) is 6.42 Å². The molecule has 1 aromatic heterocycles. The van der Waals surface area contributed by atoms with Gasteiger partial charge in [0.15, 0.2) is 17.4 Å². The first-order chi connectivity index (χ1) is 10.5. The molecule has 0 saturated heterocycles. The van der Waals surface area contributed by atoms with E-state index >= 15 is 0 Å². The van der Waals surface area contributed by atoms with Gasteiger partial charge in [0.25, 0.3) is 0 Å². The third kappa shape index (κ3) is 4.03. The molecule has 7 heteroatoms. The van der Waals surface area contributed by atoms with Crippen molar-refractivity contribution < 1.29 is 18.4 Å². The molecule has 1 unspecified atom stereocenters. The van der Waals surface area contributed by atoms with Gasteiger partial charge in [-0.25, -0.2) is 4.39 Å². The molecule has 0 aliphatic heterocycles. The van der Waals surface area contributed by atoms with Gasteiger partial charge in [0.1, 0.15) is 6.04 Å². The van der Waals surface area contributed by atoms with Crippen LogP contribution in [0, 0.1) is 12.7 Å². The van der Waals surface area contributed by atoms with E-state index < -0.39 is 5.82 Å². The highest BCUT2D eigenvalue weighted by molar-refractivity contribution is 5.76. The molecule has 1 amide bonds. The second kappa shape index (κ2) is 7.02. The Bertz CT molecular complexity index is 657. The van der Waals surface area contributed by atoms with E-state index in [4.69, 9.17) is 9.26 Å². The van der Waals surface area contributed by atoms with Crippen LogP contribution in [-0.2, 0) is 11.2 Å². The first-order valence-electron chi connectivity index (χ1n) is 6.91. The highest BCUT2D eigenvalue weighted by Crippen LogP contribution is 2.18. The van der Waals surface area contributed by atoms with E-state index in [9.17, 15) is 9.18 Å². The van der Waals surface area contributed by atoms with Crippen molar-refractivity contribution in [1.29, 1.82) is 0 Å². The number of nitrogens with one attached hydrogen (secondary N) is 1. The number of rotatable bonds is 6. The summed E-state index contributed by atoms with van der Waals surface area (Å²) >= 11 is 0. The molecule has 0 aliphatic carbocycles. The van der Waals surface area contributed by atoms with Gasteiger partial charge in [-0.1, -0.05) is 11.2 Å². The maximum Gasteiger partial charge on any atom is 0.248 e. The van der Waals surface area contributed by atoms with E-state index in [-0.39, 0.29) is 24.1 Å². The van der Waals surface area contributed by atoms with Crippen LogP contribution in [0.1, 0.15) is 36.7 Å². The standard InChI is InChI=1S/C15H18FN3O3/c1-9(15-18-10(2)19-22-15)17-14(20)7-5-11-4-6-13(21-3)12(16)8-11/h4,6,8-9H,5,7H2,1-3H3,(H,17,20). The summed E-state index contributed by atoms with van der Waals surface area (Å²) in [6.07, 6.45) is 0.672. The number of ether oxygens (including phenoxy) is 1. The van der Waals surface area contributed by atoms with Gasteiger partial charge in [-0.05, 0) is 38.0 Å². The zero-order valence-electron chi connectivity index (χ0n) is 12.7. The minimum Gasteiger partial charge on any atom is -0.494 e. The number of aryl methyl sites for hydroxylation is 2. The number of amides is 1. The number of hydrogen-bond acceptors (Lipinski definition) is 5. The average molecular weight is 307 g/mol. The Morgan fingerprint density at radius 3 is 2.86 bits per heavy atom. The van der Waals surface area contributed by atoms with Crippen molar-refractivity contribution in [3.63, 3.8) is 0 Å². The van der Waals surface area contributed by atoms with E-state index in [0.29, 0.717) is 18.1 Å². The van der Waals surface area contributed by atoms with E-state index in [1.807, 2.05) is 0 Å². The molecule has 1 atom stereocenters. The topological polar surface area (TPSA) is 77.2 Å². The van der Waals surface area contributed by atoms with Gasteiger partial charge in [0.05, 0.1) is 7.11 Å². The van der Waals surface area contributed by atoms with Crippen molar-refractivity contribution in [2.45, 2.75) is 32.7 Å². The maximum atomic E-state index is 13.6. The molecular formula is C15H18FN3O3. The SMILES string of the molecule is COc1ccc(CCC(=O)NC(C)c2nc(C)no2)cc1F. The van der Waals surface area contributed by atoms with Crippen molar-refractivity contribution in [3.8, 4) is 5.75 Å². The average Bonchev–Trinajstić information content (AvgIpc) is 2.92. The zero-order valence-corrected chi connectivity index (χ0v) is 12.7. The Morgan fingerprint density at radius 1 is 1.50 bits per heavy atom. The van der Waals surface area contributed by atoms with Gasteiger partial charge in [-0.15, -0.1) is 0 Å². The second-order valence-electron chi connectivity index (χ2n) is 4.94. The summed E-state index contributed by atoms with van der Waals surface area (Å²) in [5.74, 6) is 0.467. The highest BCUT2D eigenvalue weighted by Gasteiger charge is 2.15. The van der Waals surface area contributed by atoms with E-state index in [0.717, 1.165) is 5.56 Å². The van der Waals surface area contributed by atoms with Gasteiger partial charge < -0.3 is 14.6 Å². The Balaban J connectivity index is 1.86. The molecule has 0 spiro atoms. The first kappa shape index (κ1) is 15.9. The third-order valence-corrected chi connectivity index (χ3v) is 3.15. The number of benzene rings is 1. The molecule has 0 fully saturated rings. The maximum absolute atomic E-state index is 13.6. The molecule has 1 aromatic carbocycles. The molecule has 0 radical (unpaired) electrons. The van der Waals surface area contributed by atoms with Crippen LogP contribution in [0.5, 0.6) is 5.75 Å². The number of carbonyl (C=O) groups is 1. The molecule has 0 aliphatic rings. The lowest BCUT2D eigenvalue weighted by molar-refractivity contribution is -0.121. The number of halogens is 1. The van der Waals surface area contributed by atoms with Crippen LogP contribution in [0.15, 0.2) is 22.7 Å². The minimum atomic E-state index is -0.435. The molecule has 0 bridgehead atoms. The van der Waals surface area contributed by atoms with Crippen LogP contribution in [0.2, 0.25) is 0 Å². The van der Waals surface area contributed by atoms with E-state index in [2.05, 4.69) is 15.5 Å². The largest absolute Gasteiger partial charge is 0.494 e. The monoisotopic (exact) mass is 307 g/mol. The Kier molecular flexibility index (Phi) is 5.08. The third-order valence-electron chi connectivity index (χ3n) is 3.15. The summed E-state index contributed by atoms with van der Waals surface area (Å²) in [6, 6.07) is 4.30. The van der Waals surface area contributed by atoms with E-state index in [1.165, 1.54) is 13.2 Å². The van der Waals surface area contributed by atoms with Crippen LogP contribution < -0.4 is 10.1 Å². The Morgan fingerprint density at radius 2 is 2.27 bits per heavy atom. The minimum absolute atomic E-state index is 0.167. The lowest BCUT2D eigenvalue weighted by Crippen LogP contribution is -2.27.